The molecule has 0 radical (unpaired) electrons. The summed E-state index contributed by atoms with van der Waals surface area (Å²) in [5.74, 6) is -1.27. The van der Waals surface area contributed by atoms with Crippen molar-refractivity contribution in [1.29, 1.82) is 0 Å². The topological polar surface area (TPSA) is 77.3 Å². The molecule has 0 aromatic heterocycles. The first-order valence-electron chi connectivity index (χ1n) is 8.03. The SMILES string of the molecule is CN(N=C([O-])CC([O-])=NN(C)C(=S)c1ccccc1)C(=S)c1ccccc1.[Na+].[Na+]. The molecule has 29 heavy (non-hydrogen) atoms. The third-order valence-corrected chi connectivity index (χ3v) is 4.45. The first-order chi connectivity index (χ1) is 12.9. The first kappa shape index (κ1) is 28.2. The van der Waals surface area contributed by atoms with E-state index in [1.165, 1.54) is 10.0 Å². The third kappa shape index (κ3) is 9.23. The Bertz CT molecular complexity index is 794. The van der Waals surface area contributed by atoms with Crippen LogP contribution in [0.5, 0.6) is 0 Å². The number of hydrogen-bond donors (Lipinski definition) is 0. The maximum atomic E-state index is 12.0. The first-order valence-corrected chi connectivity index (χ1v) is 8.85. The predicted octanol–water partition coefficient (Wildman–Crippen LogP) is -4.65. The summed E-state index contributed by atoms with van der Waals surface area (Å²) in [6.45, 7) is 0. The molecule has 10 heteroatoms. The quantitative estimate of drug-likeness (QED) is 0.147. The summed E-state index contributed by atoms with van der Waals surface area (Å²) in [6.07, 6.45) is -0.469. The van der Waals surface area contributed by atoms with E-state index in [4.69, 9.17) is 24.4 Å². The molecule has 0 heterocycles. The molecule has 2 rings (SSSR count). The zero-order chi connectivity index (χ0) is 19.8. The fraction of sp³-hybridized carbons (Fsp3) is 0.158. The van der Waals surface area contributed by atoms with Gasteiger partial charge in [-0.05, 0) is 11.8 Å². The minimum absolute atomic E-state index is 0. The normalized spacial score (nSPS) is 11.0. The van der Waals surface area contributed by atoms with Crippen LogP contribution in [0.3, 0.4) is 0 Å². The van der Waals surface area contributed by atoms with Crippen LogP contribution in [0.1, 0.15) is 17.5 Å². The van der Waals surface area contributed by atoms with Gasteiger partial charge in [-0.3, -0.25) is 10.0 Å². The molecule has 0 aliphatic rings. The molecular formula is C19H18N4Na2O2S2. The Labute approximate surface area is 225 Å². The second kappa shape index (κ2) is 14.2. The molecule has 0 aliphatic carbocycles. The largest absolute Gasteiger partial charge is 1.00 e. The summed E-state index contributed by atoms with van der Waals surface area (Å²) < 4.78 is 0. The summed E-state index contributed by atoms with van der Waals surface area (Å²) in [5, 5.41) is 34.2. The second-order valence-corrected chi connectivity index (χ2v) is 6.33. The maximum absolute atomic E-state index is 12.0. The van der Waals surface area contributed by atoms with E-state index in [0.29, 0.717) is 9.98 Å². The Morgan fingerprint density at radius 3 is 1.34 bits per heavy atom. The van der Waals surface area contributed by atoms with Gasteiger partial charge in [-0.15, -0.1) is 0 Å². The average Bonchev–Trinajstić information content (AvgIpc) is 2.67. The number of nitrogens with zero attached hydrogens (tertiary/aromatic N) is 4. The van der Waals surface area contributed by atoms with Crippen molar-refractivity contribution in [2.24, 2.45) is 10.2 Å². The van der Waals surface area contributed by atoms with Gasteiger partial charge < -0.3 is 10.2 Å². The van der Waals surface area contributed by atoms with E-state index < -0.39 is 18.2 Å². The van der Waals surface area contributed by atoms with Gasteiger partial charge in [0.05, 0.1) is 0 Å². The van der Waals surface area contributed by atoms with Gasteiger partial charge in [-0.2, -0.15) is 10.2 Å². The van der Waals surface area contributed by atoms with E-state index in [1.54, 1.807) is 14.1 Å². The fourth-order valence-corrected chi connectivity index (χ4v) is 2.51. The van der Waals surface area contributed by atoms with Crippen LogP contribution < -0.4 is 69.3 Å². The molecule has 0 fully saturated rings. The molecule has 2 aromatic carbocycles. The molecule has 0 amide bonds. The smallest absolute Gasteiger partial charge is 0.860 e. The Balaban J connectivity index is 0.00000392. The van der Waals surface area contributed by atoms with E-state index in [0.717, 1.165) is 11.1 Å². The summed E-state index contributed by atoms with van der Waals surface area (Å²) in [7, 11) is 3.12. The second-order valence-electron chi connectivity index (χ2n) is 5.55. The number of hydrazone groups is 2. The van der Waals surface area contributed by atoms with Crippen molar-refractivity contribution in [2.45, 2.75) is 6.42 Å². The van der Waals surface area contributed by atoms with E-state index >= 15 is 0 Å². The van der Waals surface area contributed by atoms with Crippen molar-refractivity contribution in [2.75, 3.05) is 14.1 Å². The number of benzene rings is 2. The Kier molecular flexibility index (Phi) is 13.8. The van der Waals surface area contributed by atoms with E-state index in [9.17, 15) is 10.2 Å². The van der Waals surface area contributed by atoms with E-state index in [-0.39, 0.29) is 59.1 Å². The average molecular weight is 444 g/mol. The van der Waals surface area contributed by atoms with Crippen LogP contribution >= 0.6 is 24.4 Å². The Hall–Kier alpha value is -0.840. The molecule has 0 saturated carbocycles. The van der Waals surface area contributed by atoms with Crippen molar-refractivity contribution in [3.05, 3.63) is 71.8 Å². The van der Waals surface area contributed by atoms with Crippen molar-refractivity contribution < 1.29 is 69.3 Å². The zero-order valence-corrected chi connectivity index (χ0v) is 22.5. The maximum Gasteiger partial charge on any atom is 1.00 e. The summed E-state index contributed by atoms with van der Waals surface area (Å²) in [5.41, 5.74) is 1.52. The van der Waals surface area contributed by atoms with Gasteiger partial charge in [0.25, 0.3) is 0 Å². The van der Waals surface area contributed by atoms with Crippen LogP contribution in [0, 0.1) is 0 Å². The molecule has 0 spiro atoms. The minimum atomic E-state index is -0.636. The molecule has 2 aromatic rings. The Morgan fingerprint density at radius 2 is 1.03 bits per heavy atom. The number of hydrogen-bond acceptors (Lipinski definition) is 6. The van der Waals surface area contributed by atoms with Crippen molar-refractivity contribution in [3.8, 4) is 0 Å². The van der Waals surface area contributed by atoms with Gasteiger partial charge in [-0.25, -0.2) is 0 Å². The predicted molar refractivity (Wildman–Crippen MR) is 111 cm³/mol. The molecule has 0 aliphatic heterocycles. The number of rotatable bonds is 6. The fourth-order valence-electron chi connectivity index (χ4n) is 2.16. The summed E-state index contributed by atoms with van der Waals surface area (Å²) in [6, 6.07) is 18.4. The molecule has 0 unspecified atom stereocenters. The minimum Gasteiger partial charge on any atom is -0.860 e. The van der Waals surface area contributed by atoms with E-state index in [2.05, 4.69) is 10.2 Å². The molecule has 140 valence electrons. The molecule has 6 nitrogen and oxygen atoms in total. The van der Waals surface area contributed by atoms with Crippen LogP contribution in [0.4, 0.5) is 0 Å². The van der Waals surface area contributed by atoms with Crippen LogP contribution in [-0.2, 0) is 0 Å². The van der Waals surface area contributed by atoms with Crippen molar-refractivity contribution >= 4 is 46.2 Å². The number of thiocarbonyl (C=S) groups is 2. The molecule has 0 bridgehead atoms. The van der Waals surface area contributed by atoms with Gasteiger partial charge in [0.15, 0.2) is 0 Å². The summed E-state index contributed by atoms with van der Waals surface area (Å²) in [4.78, 5) is 0.770. The molecule has 0 saturated heterocycles. The van der Waals surface area contributed by atoms with Gasteiger partial charge in [0.1, 0.15) is 9.98 Å². The third-order valence-electron chi connectivity index (χ3n) is 3.45. The van der Waals surface area contributed by atoms with Gasteiger partial charge in [0, 0.05) is 31.6 Å². The Morgan fingerprint density at radius 1 is 0.724 bits per heavy atom. The van der Waals surface area contributed by atoms with Crippen LogP contribution in [0.15, 0.2) is 70.9 Å². The van der Waals surface area contributed by atoms with Gasteiger partial charge >= 0.3 is 59.1 Å². The zero-order valence-electron chi connectivity index (χ0n) is 16.9. The van der Waals surface area contributed by atoms with Crippen molar-refractivity contribution in [1.82, 2.24) is 10.0 Å². The van der Waals surface area contributed by atoms with Crippen LogP contribution in [0.25, 0.3) is 0 Å². The van der Waals surface area contributed by atoms with Gasteiger partial charge in [-0.1, -0.05) is 85.1 Å². The van der Waals surface area contributed by atoms with Crippen LogP contribution in [-0.4, -0.2) is 45.9 Å². The molecule has 0 atom stereocenters. The van der Waals surface area contributed by atoms with E-state index in [1.807, 2.05) is 60.7 Å². The monoisotopic (exact) mass is 444 g/mol. The van der Waals surface area contributed by atoms with Crippen LogP contribution in [0.2, 0.25) is 0 Å². The molecule has 0 N–H and O–H groups in total. The summed E-state index contributed by atoms with van der Waals surface area (Å²) >= 11 is 10.6. The van der Waals surface area contributed by atoms with Gasteiger partial charge in [0.2, 0.25) is 0 Å². The van der Waals surface area contributed by atoms with Crippen molar-refractivity contribution in [3.63, 3.8) is 0 Å². The standard InChI is InChI=1S/C19H20N4O2S2.2Na/c1-22(18(26)14-9-5-3-6-10-14)20-16(24)13-17(25)21-23(2)19(27)15-11-7-4-8-12-15;;/h3-12H,13H2,1-2H3,(H,20,24)(H,21,25);;/q;2*+1/p-2. The molecular weight excluding hydrogens is 426 g/mol.